The average Bonchev–Trinajstić information content (AvgIpc) is 3.88. The summed E-state index contributed by atoms with van der Waals surface area (Å²) in [6.45, 7) is 0. The predicted molar refractivity (Wildman–Crippen MR) is 294 cm³/mol. The minimum absolute atomic E-state index is 0.381. The molecule has 9 heteroatoms. The maximum atomic E-state index is 9.97. The third-order valence-corrected chi connectivity index (χ3v) is 13.3. The Hall–Kier alpha value is -11.1. The second-order valence-electron chi connectivity index (χ2n) is 18.0. The molecule has 346 valence electrons. The molecule has 0 radical (unpaired) electrons. The monoisotopic (exact) mass is 955 g/mol. The summed E-state index contributed by atoms with van der Waals surface area (Å²) in [5, 5.41) is 41.6. The molecule has 0 unspecified atom stereocenters. The number of aromatic nitrogens is 5. The molecule has 75 heavy (non-hydrogen) atoms. The molecule has 0 saturated heterocycles. The summed E-state index contributed by atoms with van der Waals surface area (Å²) in [4.78, 5) is 21.3. The van der Waals surface area contributed by atoms with Crippen LogP contribution in [-0.4, -0.2) is 24.5 Å². The molecule has 0 saturated carbocycles. The first-order valence-corrected chi connectivity index (χ1v) is 24.1. The Kier molecular flexibility index (Phi) is 11.6. The molecule has 0 fully saturated rings. The van der Waals surface area contributed by atoms with E-state index in [4.69, 9.17) is 19.9 Å². The lowest BCUT2D eigenvalue weighted by Gasteiger charge is -2.17. The highest BCUT2D eigenvalue weighted by molar-refractivity contribution is 6.12. The zero-order chi connectivity index (χ0) is 50.8. The van der Waals surface area contributed by atoms with Gasteiger partial charge < -0.3 is 4.57 Å². The normalized spacial score (nSPS) is 10.9. The SMILES string of the molecule is N#Cc1cc(C#N)cc(-c2ccc3c(c2)c2cc(-c4cc(C#N)cc(C#N)c4)ccc2n3-c2ccc(-c3nc(-c4ccccc4)cc(-c4ccccc4)n3)cc2-c2nc(-c3ccccc3)cc(-c3ccccc3)n2)c1. The number of nitrogens with zero attached hydrogens (tertiary/aromatic N) is 9. The van der Waals surface area contributed by atoms with Gasteiger partial charge in [-0.15, -0.1) is 0 Å². The van der Waals surface area contributed by atoms with Crippen LogP contribution in [0.1, 0.15) is 22.3 Å². The van der Waals surface area contributed by atoms with Crippen molar-refractivity contribution in [3.8, 4) is 120 Å². The van der Waals surface area contributed by atoms with Crippen molar-refractivity contribution in [1.29, 1.82) is 21.0 Å². The number of fused-ring (bicyclic) bond motifs is 3. The zero-order valence-electron chi connectivity index (χ0n) is 39.9. The molecule has 12 aromatic rings. The van der Waals surface area contributed by atoms with Crippen molar-refractivity contribution in [2.24, 2.45) is 0 Å². The Labute approximate surface area is 432 Å². The van der Waals surface area contributed by atoms with Gasteiger partial charge in [-0.05, 0) is 113 Å². The van der Waals surface area contributed by atoms with Gasteiger partial charge in [0.05, 0.1) is 86.0 Å². The topological polar surface area (TPSA) is 152 Å². The maximum Gasteiger partial charge on any atom is 0.162 e. The van der Waals surface area contributed by atoms with Gasteiger partial charge in [-0.3, -0.25) is 0 Å². The van der Waals surface area contributed by atoms with Crippen LogP contribution in [0.3, 0.4) is 0 Å². The van der Waals surface area contributed by atoms with Gasteiger partial charge in [0, 0.05) is 44.2 Å². The van der Waals surface area contributed by atoms with E-state index in [1.165, 1.54) is 0 Å². The van der Waals surface area contributed by atoms with Crippen molar-refractivity contribution in [3.63, 3.8) is 0 Å². The van der Waals surface area contributed by atoms with Gasteiger partial charge in [0.2, 0.25) is 0 Å². The average molecular weight is 956 g/mol. The first-order chi connectivity index (χ1) is 36.9. The molecule has 3 heterocycles. The van der Waals surface area contributed by atoms with Crippen LogP contribution in [0.4, 0.5) is 0 Å². The molecule has 0 spiro atoms. The highest BCUT2D eigenvalue weighted by Crippen LogP contribution is 2.42. The molecular formula is C66H37N9. The third-order valence-electron chi connectivity index (χ3n) is 13.3. The summed E-state index contributed by atoms with van der Waals surface area (Å²) in [5.74, 6) is 1.00. The summed E-state index contributed by atoms with van der Waals surface area (Å²) in [7, 11) is 0. The second-order valence-corrected chi connectivity index (χ2v) is 18.0. The Bertz CT molecular complexity index is 4070. The largest absolute Gasteiger partial charge is 0.308 e. The van der Waals surface area contributed by atoms with Crippen molar-refractivity contribution in [2.75, 3.05) is 0 Å². The Morgan fingerprint density at radius 1 is 0.280 bits per heavy atom. The number of benzene rings is 9. The lowest BCUT2D eigenvalue weighted by Crippen LogP contribution is -2.03. The van der Waals surface area contributed by atoms with Crippen molar-refractivity contribution in [1.82, 2.24) is 24.5 Å². The summed E-state index contributed by atoms with van der Waals surface area (Å²) >= 11 is 0. The van der Waals surface area contributed by atoms with E-state index in [-0.39, 0.29) is 0 Å². The predicted octanol–water partition coefficient (Wildman–Crippen LogP) is 15.2. The maximum absolute atomic E-state index is 9.97. The van der Waals surface area contributed by atoms with E-state index in [2.05, 4.69) is 65.2 Å². The van der Waals surface area contributed by atoms with E-state index in [0.29, 0.717) is 39.5 Å². The number of hydrogen-bond donors (Lipinski definition) is 0. The quantitative estimate of drug-likeness (QED) is 0.139. The fourth-order valence-corrected chi connectivity index (χ4v) is 9.71. The Morgan fingerprint density at radius 3 is 0.987 bits per heavy atom. The molecule has 0 bridgehead atoms. The highest BCUT2D eigenvalue weighted by Gasteiger charge is 2.23. The van der Waals surface area contributed by atoms with Crippen LogP contribution in [0.2, 0.25) is 0 Å². The van der Waals surface area contributed by atoms with Gasteiger partial charge in [-0.2, -0.15) is 21.0 Å². The van der Waals surface area contributed by atoms with E-state index >= 15 is 0 Å². The van der Waals surface area contributed by atoms with Crippen molar-refractivity contribution in [3.05, 3.63) is 247 Å². The molecule has 0 aliphatic rings. The number of hydrogen-bond acceptors (Lipinski definition) is 8. The molecule has 12 rings (SSSR count). The van der Waals surface area contributed by atoms with Crippen molar-refractivity contribution < 1.29 is 0 Å². The second kappa shape index (κ2) is 19.2. The fourth-order valence-electron chi connectivity index (χ4n) is 9.71. The first kappa shape index (κ1) is 45.1. The molecule has 0 aliphatic carbocycles. The highest BCUT2D eigenvalue weighted by atomic mass is 15.0. The van der Waals surface area contributed by atoms with Crippen LogP contribution >= 0.6 is 0 Å². The fraction of sp³-hybridized carbons (Fsp3) is 0. The van der Waals surface area contributed by atoms with Gasteiger partial charge >= 0.3 is 0 Å². The Morgan fingerprint density at radius 2 is 0.627 bits per heavy atom. The number of rotatable bonds is 9. The summed E-state index contributed by atoms with van der Waals surface area (Å²) in [5.41, 5.74) is 15.4. The van der Waals surface area contributed by atoms with Crippen LogP contribution in [0.25, 0.3) is 118 Å². The van der Waals surface area contributed by atoms with Crippen LogP contribution in [0.15, 0.2) is 224 Å². The van der Waals surface area contributed by atoms with E-state index in [1.54, 1.807) is 36.4 Å². The first-order valence-electron chi connectivity index (χ1n) is 24.1. The number of nitriles is 4. The molecule has 3 aromatic heterocycles. The molecule has 9 aromatic carbocycles. The third kappa shape index (κ3) is 8.68. The van der Waals surface area contributed by atoms with Crippen molar-refractivity contribution in [2.45, 2.75) is 0 Å². The van der Waals surface area contributed by atoms with Gasteiger partial charge in [-0.1, -0.05) is 133 Å². The summed E-state index contributed by atoms with van der Waals surface area (Å²) < 4.78 is 2.22. The van der Waals surface area contributed by atoms with Crippen LogP contribution in [-0.2, 0) is 0 Å². The lowest BCUT2D eigenvalue weighted by atomic mass is 9.97. The minimum Gasteiger partial charge on any atom is -0.308 e. The molecule has 9 nitrogen and oxygen atoms in total. The van der Waals surface area contributed by atoms with Crippen LogP contribution in [0, 0.1) is 45.3 Å². The van der Waals surface area contributed by atoms with Gasteiger partial charge in [-0.25, -0.2) is 19.9 Å². The molecule has 0 N–H and O–H groups in total. The van der Waals surface area contributed by atoms with Crippen molar-refractivity contribution >= 4 is 21.8 Å². The smallest absolute Gasteiger partial charge is 0.162 e. The molecular weight excluding hydrogens is 919 g/mol. The Balaban J connectivity index is 1.16. The van der Waals surface area contributed by atoms with Crippen LogP contribution < -0.4 is 0 Å². The zero-order valence-corrected chi connectivity index (χ0v) is 39.9. The van der Waals surface area contributed by atoms with Gasteiger partial charge in [0.15, 0.2) is 11.6 Å². The molecule has 0 amide bonds. The van der Waals surface area contributed by atoms with E-state index in [9.17, 15) is 21.0 Å². The van der Waals surface area contributed by atoms with Gasteiger partial charge in [0.25, 0.3) is 0 Å². The summed E-state index contributed by atoms with van der Waals surface area (Å²) in [6, 6.07) is 82.2. The summed E-state index contributed by atoms with van der Waals surface area (Å²) in [6.07, 6.45) is 0. The molecule has 0 aliphatic heterocycles. The van der Waals surface area contributed by atoms with E-state index in [1.807, 2.05) is 152 Å². The van der Waals surface area contributed by atoms with E-state index in [0.717, 1.165) is 100 Å². The minimum atomic E-state index is 0.381. The van der Waals surface area contributed by atoms with Crippen LogP contribution in [0.5, 0.6) is 0 Å². The molecule has 0 atom stereocenters. The van der Waals surface area contributed by atoms with E-state index < -0.39 is 0 Å². The standard InChI is InChI=1S/C66H37N9/c67-38-42-27-43(39-68)30-53(29-42)50-21-24-62-55(33-50)56-34-51(54-31-44(40-69)28-45(32-54)41-70)22-25-63(56)75(62)64-26-23-52(65-71-58(46-13-5-1-6-14-46)36-59(72-65)47-15-7-2-8-16-47)35-57(64)66-73-60(48-17-9-3-10-18-48)37-61(74-66)49-19-11-4-12-20-49/h1-37H. The van der Waals surface area contributed by atoms with Gasteiger partial charge in [0.1, 0.15) is 0 Å². The lowest BCUT2D eigenvalue weighted by molar-refractivity contribution is 1.13.